The third-order valence-electron chi connectivity index (χ3n) is 3.45. The second-order valence-electron chi connectivity index (χ2n) is 4.94. The van der Waals surface area contributed by atoms with Gasteiger partial charge in [-0.2, -0.15) is 0 Å². The molecule has 2 nitrogen and oxygen atoms in total. The van der Waals surface area contributed by atoms with Gasteiger partial charge >= 0.3 is 0 Å². The van der Waals surface area contributed by atoms with Crippen LogP contribution in [-0.4, -0.2) is 15.4 Å². The molecular formula is C17H12BrClFNO. The van der Waals surface area contributed by atoms with Crippen LogP contribution in [0.15, 0.2) is 48.5 Å². The van der Waals surface area contributed by atoms with Crippen LogP contribution in [0.5, 0.6) is 0 Å². The lowest BCUT2D eigenvalue weighted by Crippen LogP contribution is -2.01. The lowest BCUT2D eigenvalue weighted by atomic mass is 10.0. The number of hydrogen-bond donors (Lipinski definition) is 1. The third kappa shape index (κ3) is 3.00. The number of alkyl halides is 1. The van der Waals surface area contributed by atoms with Gasteiger partial charge in [-0.25, -0.2) is 9.37 Å². The van der Waals surface area contributed by atoms with E-state index in [4.69, 9.17) is 11.6 Å². The Morgan fingerprint density at radius 2 is 1.86 bits per heavy atom. The first-order chi connectivity index (χ1) is 10.6. The van der Waals surface area contributed by atoms with E-state index in [1.807, 2.05) is 18.2 Å². The first-order valence-corrected chi connectivity index (χ1v) is 8.18. The highest BCUT2D eigenvalue weighted by molar-refractivity contribution is 9.09. The van der Waals surface area contributed by atoms with Crippen molar-refractivity contribution in [2.75, 3.05) is 5.33 Å². The van der Waals surface area contributed by atoms with Crippen LogP contribution in [0, 0.1) is 5.82 Å². The molecule has 3 rings (SSSR count). The molecule has 0 radical (unpaired) electrons. The van der Waals surface area contributed by atoms with Gasteiger partial charge in [-0.05, 0) is 35.9 Å². The second kappa shape index (κ2) is 6.32. The third-order valence-corrected chi connectivity index (χ3v) is 4.31. The van der Waals surface area contributed by atoms with Crippen LogP contribution in [0.25, 0.3) is 22.2 Å². The summed E-state index contributed by atoms with van der Waals surface area (Å²) in [6.45, 7) is 0. The Hall–Kier alpha value is -1.49. The summed E-state index contributed by atoms with van der Waals surface area (Å²) in [7, 11) is 0. The van der Waals surface area contributed by atoms with Crippen molar-refractivity contribution in [2.45, 2.75) is 6.10 Å². The molecule has 3 aromatic rings. The summed E-state index contributed by atoms with van der Waals surface area (Å²) < 4.78 is 13.5. The van der Waals surface area contributed by atoms with Crippen LogP contribution < -0.4 is 0 Å². The van der Waals surface area contributed by atoms with Gasteiger partial charge in [0.05, 0.1) is 17.3 Å². The van der Waals surface area contributed by atoms with Crippen LogP contribution in [0.4, 0.5) is 4.39 Å². The monoisotopic (exact) mass is 379 g/mol. The smallest absolute Gasteiger partial charge is 0.125 e. The van der Waals surface area contributed by atoms with Crippen molar-refractivity contribution in [1.82, 2.24) is 4.98 Å². The standard InChI is InChI=1S/C17H12BrClFNO/c18-9-17(22)14-8-15(10-1-3-11(19)4-2-10)21-16-7-12(20)5-6-13(14)16/h1-8,17,22H,9H2/t17-/m1/s1. The quantitative estimate of drug-likeness (QED) is 0.640. The van der Waals surface area contributed by atoms with Crippen molar-refractivity contribution < 1.29 is 9.50 Å². The molecule has 2 aromatic carbocycles. The average Bonchev–Trinajstić information content (AvgIpc) is 2.53. The van der Waals surface area contributed by atoms with Crippen LogP contribution >= 0.6 is 27.5 Å². The fraction of sp³-hybridized carbons (Fsp3) is 0.118. The number of nitrogens with zero attached hydrogens (tertiary/aromatic N) is 1. The Balaban J connectivity index is 2.25. The predicted octanol–water partition coefficient (Wildman–Crippen LogP) is 5.12. The van der Waals surface area contributed by atoms with Crippen molar-refractivity contribution in [3.05, 3.63) is 64.9 Å². The predicted molar refractivity (Wildman–Crippen MR) is 90.9 cm³/mol. The minimum absolute atomic E-state index is 0.354. The van der Waals surface area contributed by atoms with Crippen LogP contribution in [0.3, 0.4) is 0 Å². The molecule has 1 aromatic heterocycles. The van der Waals surface area contributed by atoms with E-state index in [0.717, 1.165) is 10.9 Å². The number of pyridine rings is 1. The molecule has 0 saturated carbocycles. The molecule has 0 aliphatic heterocycles. The van der Waals surface area contributed by atoms with Gasteiger partial charge in [0.1, 0.15) is 5.82 Å². The molecule has 0 spiro atoms. The van der Waals surface area contributed by atoms with Gasteiger partial charge in [-0.3, -0.25) is 0 Å². The van der Waals surface area contributed by atoms with Gasteiger partial charge in [-0.1, -0.05) is 39.7 Å². The highest BCUT2D eigenvalue weighted by Gasteiger charge is 2.14. The van der Waals surface area contributed by atoms with Crippen LogP contribution in [-0.2, 0) is 0 Å². The number of fused-ring (bicyclic) bond motifs is 1. The molecule has 1 heterocycles. The Bertz CT molecular complexity index is 823. The molecule has 112 valence electrons. The number of aliphatic hydroxyl groups is 1. The normalized spacial score (nSPS) is 12.5. The first kappa shape index (κ1) is 15.4. The SMILES string of the molecule is O[C@H](CBr)c1cc(-c2ccc(Cl)cc2)nc2cc(F)ccc12. The van der Waals surface area contributed by atoms with Gasteiger partial charge in [0.2, 0.25) is 0 Å². The summed E-state index contributed by atoms with van der Waals surface area (Å²) in [4.78, 5) is 4.50. The number of benzene rings is 2. The zero-order valence-corrected chi connectivity index (χ0v) is 13.8. The van der Waals surface area contributed by atoms with Gasteiger partial charge in [0, 0.05) is 27.4 Å². The maximum atomic E-state index is 13.5. The molecule has 0 amide bonds. The first-order valence-electron chi connectivity index (χ1n) is 6.68. The topological polar surface area (TPSA) is 33.1 Å². The highest BCUT2D eigenvalue weighted by Crippen LogP contribution is 2.30. The van der Waals surface area contributed by atoms with Crippen molar-refractivity contribution in [3.8, 4) is 11.3 Å². The number of hydrogen-bond acceptors (Lipinski definition) is 2. The number of rotatable bonds is 3. The summed E-state index contributed by atoms with van der Waals surface area (Å²) >= 11 is 9.18. The van der Waals surface area contributed by atoms with Crippen molar-refractivity contribution in [1.29, 1.82) is 0 Å². The zero-order valence-electron chi connectivity index (χ0n) is 11.4. The average molecular weight is 381 g/mol. The van der Waals surface area contributed by atoms with Crippen LogP contribution in [0.1, 0.15) is 11.7 Å². The molecule has 0 unspecified atom stereocenters. The van der Waals surface area contributed by atoms with E-state index in [1.54, 1.807) is 18.2 Å². The lowest BCUT2D eigenvalue weighted by molar-refractivity contribution is 0.207. The minimum Gasteiger partial charge on any atom is -0.388 e. The fourth-order valence-corrected chi connectivity index (χ4v) is 2.83. The molecule has 0 bridgehead atoms. The van der Waals surface area contributed by atoms with Crippen LogP contribution in [0.2, 0.25) is 5.02 Å². The Kier molecular flexibility index (Phi) is 4.43. The van der Waals surface area contributed by atoms with Crippen molar-refractivity contribution in [3.63, 3.8) is 0 Å². The number of halogens is 3. The number of aliphatic hydroxyl groups excluding tert-OH is 1. The summed E-state index contributed by atoms with van der Waals surface area (Å²) in [5, 5.41) is 12.0. The van der Waals surface area contributed by atoms with Crippen molar-refractivity contribution >= 4 is 38.4 Å². The molecule has 0 aliphatic rings. The summed E-state index contributed by atoms with van der Waals surface area (Å²) in [6.07, 6.45) is -0.693. The lowest BCUT2D eigenvalue weighted by Gasteiger charge is -2.13. The zero-order chi connectivity index (χ0) is 15.7. The largest absolute Gasteiger partial charge is 0.388 e. The molecule has 5 heteroatoms. The fourth-order valence-electron chi connectivity index (χ4n) is 2.36. The molecule has 0 fully saturated rings. The van der Waals surface area contributed by atoms with E-state index in [2.05, 4.69) is 20.9 Å². The summed E-state index contributed by atoms with van der Waals surface area (Å²) in [5.41, 5.74) is 2.76. The molecule has 22 heavy (non-hydrogen) atoms. The van der Waals surface area contributed by atoms with Crippen molar-refractivity contribution in [2.24, 2.45) is 0 Å². The van der Waals surface area contributed by atoms with E-state index in [-0.39, 0.29) is 5.82 Å². The molecule has 1 atom stereocenters. The van der Waals surface area contributed by atoms with E-state index in [9.17, 15) is 9.50 Å². The maximum absolute atomic E-state index is 13.5. The Morgan fingerprint density at radius 3 is 2.55 bits per heavy atom. The Labute approximate surface area is 140 Å². The summed E-state index contributed by atoms with van der Waals surface area (Å²) in [5.74, 6) is -0.354. The van der Waals surface area contributed by atoms with Gasteiger partial charge in [0.25, 0.3) is 0 Å². The number of aromatic nitrogens is 1. The van der Waals surface area contributed by atoms with E-state index in [0.29, 0.717) is 27.1 Å². The van der Waals surface area contributed by atoms with Gasteiger partial charge in [0.15, 0.2) is 0 Å². The minimum atomic E-state index is -0.693. The Morgan fingerprint density at radius 1 is 1.14 bits per heavy atom. The summed E-state index contributed by atoms with van der Waals surface area (Å²) in [6, 6.07) is 13.5. The molecule has 1 N–H and O–H groups in total. The van der Waals surface area contributed by atoms with Gasteiger partial charge < -0.3 is 5.11 Å². The highest BCUT2D eigenvalue weighted by atomic mass is 79.9. The van der Waals surface area contributed by atoms with E-state index < -0.39 is 6.10 Å². The maximum Gasteiger partial charge on any atom is 0.125 e. The second-order valence-corrected chi connectivity index (χ2v) is 6.02. The van der Waals surface area contributed by atoms with E-state index >= 15 is 0 Å². The molecular weight excluding hydrogens is 369 g/mol. The van der Waals surface area contributed by atoms with E-state index in [1.165, 1.54) is 12.1 Å². The molecule has 0 aliphatic carbocycles. The van der Waals surface area contributed by atoms with Gasteiger partial charge in [-0.15, -0.1) is 0 Å². The molecule has 0 saturated heterocycles.